The quantitative estimate of drug-likeness (QED) is 0.488. The molecule has 4 bridgehead atoms. The number of rotatable bonds is 4. The molecule has 40 heavy (non-hydrogen) atoms. The number of aryl methyl sites for hydroxylation is 1. The molecule has 4 aliphatic heterocycles. The van der Waals surface area contributed by atoms with Gasteiger partial charge in [0.05, 0.1) is 28.8 Å². The monoisotopic (exact) mass is 611 g/mol. The standard InChI is InChI=1S/C13H15ClF3N3.C12H14ClF3N4/c1-8-2-12(18-4-11(8)14)20-6-9-3-10(20)5-19(9)7-13(15,16)17;13-9-3-18-11(2-10(9)17)20-5-7-1-8(20)4-19(7)6-12(14,15)16/h2,4,9-10H,3,5-7H2,1H3;2-3,7-8H,1,4-6H2,(H2,17,18)/t9-,10-;7-,8-/m11/s1. The van der Waals surface area contributed by atoms with Crippen LogP contribution in [-0.4, -0.2) is 95.6 Å². The fourth-order valence-electron chi connectivity index (χ4n) is 6.19. The van der Waals surface area contributed by atoms with Gasteiger partial charge in [0, 0.05) is 68.8 Å². The van der Waals surface area contributed by atoms with Crippen molar-refractivity contribution in [3.05, 3.63) is 40.1 Å². The summed E-state index contributed by atoms with van der Waals surface area (Å²) in [6, 6.07) is 3.67. The highest BCUT2D eigenvalue weighted by Crippen LogP contribution is 2.37. The zero-order valence-corrected chi connectivity index (χ0v) is 23.1. The number of nitrogens with two attached hydrogens (primary N) is 1. The fourth-order valence-corrected chi connectivity index (χ4v) is 6.40. The number of nitrogens with zero attached hydrogens (tertiary/aromatic N) is 6. The molecule has 2 aromatic heterocycles. The first-order valence-electron chi connectivity index (χ1n) is 12.8. The Balaban J connectivity index is 0.000000161. The van der Waals surface area contributed by atoms with Gasteiger partial charge in [0.2, 0.25) is 0 Å². The van der Waals surface area contributed by atoms with Crippen LogP contribution in [0.5, 0.6) is 0 Å². The smallest absolute Gasteiger partial charge is 0.397 e. The van der Waals surface area contributed by atoms with Gasteiger partial charge >= 0.3 is 12.4 Å². The molecule has 4 saturated heterocycles. The average Bonchev–Trinajstić information content (AvgIpc) is 3.62. The maximum absolute atomic E-state index is 12.5. The van der Waals surface area contributed by atoms with Crippen LogP contribution >= 0.6 is 23.2 Å². The Hall–Kier alpha value is -2.22. The van der Waals surface area contributed by atoms with Gasteiger partial charge < -0.3 is 15.5 Å². The third kappa shape index (κ3) is 6.47. The Morgan fingerprint density at radius 3 is 1.57 bits per heavy atom. The maximum Gasteiger partial charge on any atom is 0.401 e. The summed E-state index contributed by atoms with van der Waals surface area (Å²) in [7, 11) is 0. The van der Waals surface area contributed by atoms with Crippen molar-refractivity contribution in [2.75, 3.05) is 54.8 Å². The molecule has 0 saturated carbocycles. The van der Waals surface area contributed by atoms with Crippen LogP contribution < -0.4 is 15.5 Å². The molecule has 15 heteroatoms. The van der Waals surface area contributed by atoms with Crippen molar-refractivity contribution >= 4 is 40.5 Å². The molecule has 0 amide bonds. The number of likely N-dealkylation sites (tertiary alicyclic amines) is 2. The van der Waals surface area contributed by atoms with Crippen LogP contribution in [0.15, 0.2) is 24.5 Å². The molecule has 0 radical (unpaired) electrons. The first-order chi connectivity index (χ1) is 18.7. The molecule has 6 rings (SSSR count). The van der Waals surface area contributed by atoms with Crippen molar-refractivity contribution in [1.82, 2.24) is 19.8 Å². The number of hydrogen-bond donors (Lipinski definition) is 1. The highest BCUT2D eigenvalue weighted by molar-refractivity contribution is 6.33. The molecule has 4 atom stereocenters. The molecule has 6 heterocycles. The molecule has 0 spiro atoms. The van der Waals surface area contributed by atoms with E-state index in [1.165, 1.54) is 16.0 Å². The lowest BCUT2D eigenvalue weighted by Gasteiger charge is -2.35. The minimum absolute atomic E-state index is 0.0283. The van der Waals surface area contributed by atoms with E-state index in [1.54, 1.807) is 12.3 Å². The number of pyridine rings is 2. The van der Waals surface area contributed by atoms with Gasteiger partial charge in [-0.15, -0.1) is 0 Å². The van der Waals surface area contributed by atoms with E-state index in [0.717, 1.165) is 24.2 Å². The Bertz CT molecular complexity index is 1140. The van der Waals surface area contributed by atoms with Crippen molar-refractivity contribution in [2.24, 2.45) is 0 Å². The van der Waals surface area contributed by atoms with Crippen LogP contribution in [0.4, 0.5) is 43.7 Å². The Morgan fingerprint density at radius 2 is 1.20 bits per heavy atom. The third-order valence-electron chi connectivity index (χ3n) is 7.96. The molecule has 7 nitrogen and oxygen atoms in total. The summed E-state index contributed by atoms with van der Waals surface area (Å²) in [6.45, 7) is 2.27. The van der Waals surface area contributed by atoms with E-state index in [9.17, 15) is 26.3 Å². The first-order valence-corrected chi connectivity index (χ1v) is 13.6. The van der Waals surface area contributed by atoms with E-state index >= 15 is 0 Å². The zero-order chi connectivity index (χ0) is 29.0. The molecule has 0 aromatic carbocycles. The van der Waals surface area contributed by atoms with Gasteiger partial charge in [0.25, 0.3) is 0 Å². The van der Waals surface area contributed by atoms with Crippen LogP contribution in [0.25, 0.3) is 0 Å². The summed E-state index contributed by atoms with van der Waals surface area (Å²) in [5.74, 6) is 1.50. The Kier molecular flexibility index (Phi) is 7.97. The van der Waals surface area contributed by atoms with Gasteiger partial charge in [-0.05, 0) is 31.4 Å². The minimum Gasteiger partial charge on any atom is -0.397 e. The second kappa shape index (κ2) is 10.9. The SMILES string of the molecule is Cc1cc(N2C[C@H]3C[C@@H]2CN3CC(F)(F)F)ncc1Cl.Nc1cc(N2C[C@H]3C[C@@H]2CN3CC(F)(F)F)ncc1Cl. The second-order valence-electron chi connectivity index (χ2n) is 10.8. The lowest BCUT2D eigenvalue weighted by atomic mass is 10.2. The molecule has 2 aromatic rings. The predicted octanol–water partition coefficient (Wildman–Crippen LogP) is 5.01. The number of piperazine rings is 2. The van der Waals surface area contributed by atoms with E-state index in [0.29, 0.717) is 47.7 Å². The molecule has 220 valence electrons. The van der Waals surface area contributed by atoms with E-state index < -0.39 is 25.4 Å². The van der Waals surface area contributed by atoms with Crippen LogP contribution in [0.3, 0.4) is 0 Å². The number of fused-ring (bicyclic) bond motifs is 4. The minimum atomic E-state index is -4.14. The van der Waals surface area contributed by atoms with Crippen molar-refractivity contribution in [2.45, 2.75) is 56.3 Å². The molecule has 0 aliphatic carbocycles. The molecule has 2 N–H and O–H groups in total. The van der Waals surface area contributed by atoms with E-state index in [2.05, 4.69) is 14.9 Å². The summed E-state index contributed by atoms with van der Waals surface area (Å²) in [5.41, 5.74) is 7.11. The third-order valence-corrected chi connectivity index (χ3v) is 8.68. The number of alkyl halides is 6. The summed E-state index contributed by atoms with van der Waals surface area (Å²) in [5, 5.41) is 0.994. The van der Waals surface area contributed by atoms with Gasteiger partial charge in [-0.3, -0.25) is 9.80 Å². The number of hydrogen-bond acceptors (Lipinski definition) is 7. The van der Waals surface area contributed by atoms with Crippen LogP contribution in [0, 0.1) is 6.92 Å². The summed E-state index contributed by atoms with van der Waals surface area (Å²) < 4.78 is 74.8. The number of halogens is 8. The lowest BCUT2D eigenvalue weighted by Crippen LogP contribution is -2.49. The van der Waals surface area contributed by atoms with Crippen molar-refractivity contribution in [1.29, 1.82) is 0 Å². The van der Waals surface area contributed by atoms with E-state index in [1.807, 2.05) is 17.9 Å². The van der Waals surface area contributed by atoms with Crippen molar-refractivity contribution in [3.63, 3.8) is 0 Å². The first kappa shape index (κ1) is 29.3. The van der Waals surface area contributed by atoms with Gasteiger partial charge in [0.15, 0.2) is 0 Å². The summed E-state index contributed by atoms with van der Waals surface area (Å²) >= 11 is 11.8. The summed E-state index contributed by atoms with van der Waals surface area (Å²) in [4.78, 5) is 15.7. The molecular formula is C25H29Cl2F6N7. The van der Waals surface area contributed by atoms with Crippen molar-refractivity contribution in [3.8, 4) is 0 Å². The van der Waals surface area contributed by atoms with Crippen LogP contribution in [-0.2, 0) is 0 Å². The molecule has 4 fully saturated rings. The zero-order valence-electron chi connectivity index (χ0n) is 21.6. The van der Waals surface area contributed by atoms with Crippen LogP contribution in [0.1, 0.15) is 18.4 Å². The van der Waals surface area contributed by atoms with Gasteiger partial charge in [0.1, 0.15) is 11.6 Å². The molecule has 0 unspecified atom stereocenters. The highest BCUT2D eigenvalue weighted by atomic mass is 35.5. The van der Waals surface area contributed by atoms with E-state index in [4.69, 9.17) is 28.9 Å². The fraction of sp³-hybridized carbons (Fsp3) is 0.600. The highest BCUT2D eigenvalue weighted by Gasteiger charge is 2.48. The topological polar surface area (TPSA) is 64.8 Å². The maximum atomic E-state index is 12.5. The largest absolute Gasteiger partial charge is 0.401 e. The summed E-state index contributed by atoms with van der Waals surface area (Å²) in [6.07, 6.45) is -3.67. The predicted molar refractivity (Wildman–Crippen MR) is 142 cm³/mol. The van der Waals surface area contributed by atoms with Gasteiger partial charge in [-0.25, -0.2) is 9.97 Å². The van der Waals surface area contributed by atoms with E-state index in [-0.39, 0.29) is 24.2 Å². The van der Waals surface area contributed by atoms with Gasteiger partial charge in [-0.2, -0.15) is 26.3 Å². The number of nitrogen functional groups attached to an aromatic ring is 1. The van der Waals surface area contributed by atoms with Crippen molar-refractivity contribution < 1.29 is 26.3 Å². The van der Waals surface area contributed by atoms with Crippen LogP contribution in [0.2, 0.25) is 10.0 Å². The Labute approximate surface area is 237 Å². The normalized spacial score (nSPS) is 26.5. The molecular weight excluding hydrogens is 583 g/mol. The lowest BCUT2D eigenvalue weighted by molar-refractivity contribution is -0.148. The second-order valence-corrected chi connectivity index (χ2v) is 11.7. The average molecular weight is 612 g/mol. The Morgan fingerprint density at radius 1 is 0.750 bits per heavy atom. The number of anilines is 3. The molecule has 4 aliphatic rings. The number of aromatic nitrogens is 2. The van der Waals surface area contributed by atoms with Gasteiger partial charge in [-0.1, -0.05) is 23.2 Å².